The molecule has 0 saturated heterocycles. The molecule has 4 heteroatoms. The molecule has 0 unspecified atom stereocenters. The molecule has 92 valence electrons. The Labute approximate surface area is 98.9 Å². The molecule has 0 aliphatic heterocycles. The fourth-order valence-electron chi connectivity index (χ4n) is 1.10. The van der Waals surface area contributed by atoms with Gasteiger partial charge in [-0.15, -0.1) is 0 Å². The van der Waals surface area contributed by atoms with Gasteiger partial charge in [0, 0.05) is 6.54 Å². The Morgan fingerprint density at radius 1 is 1.19 bits per heavy atom. The quantitative estimate of drug-likeness (QED) is 0.883. The van der Waals surface area contributed by atoms with Crippen LogP contribution in [-0.2, 0) is 16.6 Å². The van der Waals surface area contributed by atoms with Crippen LogP contribution >= 0.6 is 0 Å². The summed E-state index contributed by atoms with van der Waals surface area (Å²) in [7, 11) is -3.08. The first-order chi connectivity index (χ1) is 7.55. The SMILES string of the molecule is CC.CCS(=O)(=O)NCc1ccccc1C. The van der Waals surface area contributed by atoms with Crippen LogP contribution in [0.5, 0.6) is 0 Å². The Hall–Kier alpha value is -0.870. The summed E-state index contributed by atoms with van der Waals surface area (Å²) in [4.78, 5) is 0. The average molecular weight is 243 g/mol. The molecule has 1 aromatic carbocycles. The first-order valence-electron chi connectivity index (χ1n) is 5.57. The molecule has 16 heavy (non-hydrogen) atoms. The fraction of sp³-hybridized carbons (Fsp3) is 0.500. The highest BCUT2D eigenvalue weighted by molar-refractivity contribution is 7.89. The lowest BCUT2D eigenvalue weighted by Gasteiger charge is -2.06. The van der Waals surface area contributed by atoms with Crippen LogP contribution in [0.15, 0.2) is 24.3 Å². The van der Waals surface area contributed by atoms with Gasteiger partial charge in [-0.05, 0) is 25.0 Å². The zero-order valence-corrected chi connectivity index (χ0v) is 11.3. The van der Waals surface area contributed by atoms with Crippen LogP contribution in [0.2, 0.25) is 0 Å². The van der Waals surface area contributed by atoms with E-state index in [9.17, 15) is 8.42 Å². The Morgan fingerprint density at radius 3 is 2.25 bits per heavy atom. The van der Waals surface area contributed by atoms with E-state index in [2.05, 4.69) is 4.72 Å². The average Bonchev–Trinajstić information content (AvgIpc) is 2.31. The number of sulfonamides is 1. The molecule has 1 rings (SSSR count). The van der Waals surface area contributed by atoms with E-state index in [0.29, 0.717) is 6.54 Å². The Bertz CT molecular complexity index is 399. The smallest absolute Gasteiger partial charge is 0.211 e. The van der Waals surface area contributed by atoms with Gasteiger partial charge in [0.2, 0.25) is 10.0 Å². The maximum absolute atomic E-state index is 11.2. The lowest BCUT2D eigenvalue weighted by Crippen LogP contribution is -2.24. The van der Waals surface area contributed by atoms with E-state index in [1.807, 2.05) is 45.0 Å². The molecular formula is C12H21NO2S. The van der Waals surface area contributed by atoms with E-state index in [-0.39, 0.29) is 5.75 Å². The monoisotopic (exact) mass is 243 g/mol. The van der Waals surface area contributed by atoms with Crippen molar-refractivity contribution < 1.29 is 8.42 Å². The van der Waals surface area contributed by atoms with Gasteiger partial charge in [-0.3, -0.25) is 0 Å². The second-order valence-electron chi connectivity index (χ2n) is 3.15. The third kappa shape index (κ3) is 5.28. The third-order valence-corrected chi connectivity index (χ3v) is 3.47. The first-order valence-corrected chi connectivity index (χ1v) is 7.22. The normalized spacial score (nSPS) is 10.5. The molecule has 0 aromatic heterocycles. The Kier molecular flexibility index (Phi) is 7.01. The highest BCUT2D eigenvalue weighted by Gasteiger charge is 2.06. The van der Waals surface area contributed by atoms with Gasteiger partial charge in [-0.25, -0.2) is 13.1 Å². The predicted octanol–water partition coefficient (Wildman–Crippen LogP) is 2.46. The zero-order chi connectivity index (χ0) is 12.6. The van der Waals surface area contributed by atoms with Crippen molar-refractivity contribution in [3.63, 3.8) is 0 Å². The Balaban J connectivity index is 0.00000106. The molecule has 0 saturated carbocycles. The van der Waals surface area contributed by atoms with Crippen molar-refractivity contribution in [3.05, 3.63) is 35.4 Å². The van der Waals surface area contributed by atoms with Gasteiger partial charge in [0.1, 0.15) is 0 Å². The molecule has 0 aliphatic rings. The topological polar surface area (TPSA) is 46.2 Å². The number of nitrogens with one attached hydrogen (secondary N) is 1. The largest absolute Gasteiger partial charge is 0.212 e. The molecule has 0 radical (unpaired) electrons. The molecule has 0 bridgehead atoms. The maximum Gasteiger partial charge on any atom is 0.211 e. The van der Waals surface area contributed by atoms with Crippen molar-refractivity contribution in [2.45, 2.75) is 34.2 Å². The van der Waals surface area contributed by atoms with Crippen LogP contribution in [0.1, 0.15) is 31.9 Å². The van der Waals surface area contributed by atoms with Crippen LogP contribution in [0.3, 0.4) is 0 Å². The minimum absolute atomic E-state index is 0.124. The van der Waals surface area contributed by atoms with Crippen molar-refractivity contribution in [2.75, 3.05) is 5.75 Å². The van der Waals surface area contributed by atoms with Gasteiger partial charge in [0.05, 0.1) is 5.75 Å². The van der Waals surface area contributed by atoms with Gasteiger partial charge < -0.3 is 0 Å². The Morgan fingerprint density at radius 2 is 1.75 bits per heavy atom. The van der Waals surface area contributed by atoms with Crippen LogP contribution in [-0.4, -0.2) is 14.2 Å². The summed E-state index contributed by atoms with van der Waals surface area (Å²) in [5.74, 6) is 0.124. The lowest BCUT2D eigenvalue weighted by atomic mass is 10.1. The second kappa shape index (κ2) is 7.41. The summed E-state index contributed by atoms with van der Waals surface area (Å²) in [5.41, 5.74) is 2.12. The number of rotatable bonds is 4. The molecule has 0 amide bonds. The first kappa shape index (κ1) is 15.1. The van der Waals surface area contributed by atoms with Crippen LogP contribution in [0.4, 0.5) is 0 Å². The highest BCUT2D eigenvalue weighted by atomic mass is 32.2. The highest BCUT2D eigenvalue weighted by Crippen LogP contribution is 2.06. The zero-order valence-electron chi connectivity index (χ0n) is 10.4. The molecule has 0 aliphatic carbocycles. The van der Waals surface area contributed by atoms with Crippen molar-refractivity contribution in [2.24, 2.45) is 0 Å². The molecule has 0 heterocycles. The van der Waals surface area contributed by atoms with E-state index in [1.165, 1.54) is 0 Å². The summed E-state index contributed by atoms with van der Waals surface area (Å²) < 4.78 is 24.9. The number of hydrogen-bond donors (Lipinski definition) is 1. The van der Waals surface area contributed by atoms with Crippen molar-refractivity contribution in [3.8, 4) is 0 Å². The van der Waals surface area contributed by atoms with Crippen molar-refractivity contribution in [1.82, 2.24) is 4.72 Å². The third-order valence-electron chi connectivity index (χ3n) is 2.12. The molecule has 0 fully saturated rings. The second-order valence-corrected chi connectivity index (χ2v) is 5.25. The molecule has 0 atom stereocenters. The lowest BCUT2D eigenvalue weighted by molar-refractivity contribution is 0.582. The molecule has 3 nitrogen and oxygen atoms in total. The summed E-state index contributed by atoms with van der Waals surface area (Å²) in [6.07, 6.45) is 0. The number of benzene rings is 1. The number of aryl methyl sites for hydroxylation is 1. The van der Waals surface area contributed by atoms with Gasteiger partial charge in [0.25, 0.3) is 0 Å². The fourth-order valence-corrected chi connectivity index (χ4v) is 1.68. The van der Waals surface area contributed by atoms with E-state index in [1.54, 1.807) is 6.92 Å². The van der Waals surface area contributed by atoms with E-state index in [0.717, 1.165) is 11.1 Å². The van der Waals surface area contributed by atoms with Crippen molar-refractivity contribution >= 4 is 10.0 Å². The summed E-state index contributed by atoms with van der Waals surface area (Å²) in [6.45, 7) is 7.97. The minimum Gasteiger partial charge on any atom is -0.212 e. The number of hydrogen-bond acceptors (Lipinski definition) is 2. The van der Waals surface area contributed by atoms with Gasteiger partial charge in [-0.1, -0.05) is 38.1 Å². The molecule has 1 N–H and O–H groups in total. The summed E-state index contributed by atoms with van der Waals surface area (Å²) in [5, 5.41) is 0. The molecule has 1 aromatic rings. The van der Waals surface area contributed by atoms with Crippen molar-refractivity contribution in [1.29, 1.82) is 0 Å². The van der Waals surface area contributed by atoms with Gasteiger partial charge >= 0.3 is 0 Å². The summed E-state index contributed by atoms with van der Waals surface area (Å²) in [6, 6.07) is 7.73. The summed E-state index contributed by atoms with van der Waals surface area (Å²) >= 11 is 0. The maximum atomic E-state index is 11.2. The molecular weight excluding hydrogens is 222 g/mol. The van der Waals surface area contributed by atoms with Crippen LogP contribution in [0, 0.1) is 6.92 Å². The van der Waals surface area contributed by atoms with Crippen LogP contribution in [0.25, 0.3) is 0 Å². The molecule has 0 spiro atoms. The van der Waals surface area contributed by atoms with Gasteiger partial charge in [-0.2, -0.15) is 0 Å². The minimum atomic E-state index is -3.08. The standard InChI is InChI=1S/C10H15NO2S.C2H6/c1-3-14(12,13)11-8-10-7-5-4-6-9(10)2;1-2/h4-7,11H,3,8H2,1-2H3;1-2H3. The predicted molar refractivity (Wildman–Crippen MR) is 68.8 cm³/mol. The van der Waals surface area contributed by atoms with Crippen LogP contribution < -0.4 is 4.72 Å². The van der Waals surface area contributed by atoms with E-state index < -0.39 is 10.0 Å². The van der Waals surface area contributed by atoms with Gasteiger partial charge in [0.15, 0.2) is 0 Å². The van der Waals surface area contributed by atoms with E-state index in [4.69, 9.17) is 0 Å². The van der Waals surface area contributed by atoms with E-state index >= 15 is 0 Å².